The van der Waals surface area contributed by atoms with E-state index in [2.05, 4.69) is 15.3 Å². The number of alkyl halides is 3. The third-order valence-electron chi connectivity index (χ3n) is 5.04. The minimum atomic E-state index is -4.51. The van der Waals surface area contributed by atoms with Gasteiger partial charge in [-0.2, -0.15) is 18.3 Å². The van der Waals surface area contributed by atoms with E-state index in [9.17, 15) is 18.0 Å². The van der Waals surface area contributed by atoms with Gasteiger partial charge in [-0.05, 0) is 12.8 Å². The van der Waals surface area contributed by atoms with Crippen LogP contribution in [-0.4, -0.2) is 50.6 Å². The van der Waals surface area contributed by atoms with Gasteiger partial charge in [0.25, 0.3) is 11.6 Å². The van der Waals surface area contributed by atoms with Crippen molar-refractivity contribution in [2.45, 2.75) is 55.6 Å². The number of nitrogens with zero attached hydrogens (tertiary/aromatic N) is 5. The molecule has 1 atom stereocenters. The number of rotatable bonds is 5. The van der Waals surface area contributed by atoms with Crippen molar-refractivity contribution in [3.63, 3.8) is 0 Å². The molecule has 4 rings (SSSR count). The summed E-state index contributed by atoms with van der Waals surface area (Å²) in [6.45, 7) is 0.440. The number of aromatic nitrogens is 2. The van der Waals surface area contributed by atoms with Crippen LogP contribution in [0.4, 0.5) is 13.2 Å². The molecule has 10 heteroatoms. The van der Waals surface area contributed by atoms with E-state index in [4.69, 9.17) is 4.74 Å². The number of amides is 1. The molecule has 0 radical (unpaired) electrons. The second-order valence-electron chi connectivity index (χ2n) is 6.96. The molecule has 7 nitrogen and oxygen atoms in total. The molecule has 0 spiro atoms. The van der Waals surface area contributed by atoms with E-state index in [1.165, 1.54) is 11.1 Å². The highest BCUT2D eigenvalue weighted by Gasteiger charge is 2.65. The zero-order chi connectivity index (χ0) is 17.9. The number of hydrogen-bond acceptors (Lipinski definition) is 5. The Hall–Kier alpha value is -2.13. The smallest absolute Gasteiger partial charge is 0.437 e. The molecule has 1 saturated carbocycles. The van der Waals surface area contributed by atoms with Gasteiger partial charge in [0.05, 0.1) is 12.4 Å². The molecule has 1 aromatic heterocycles. The number of hydrogen-bond donors (Lipinski definition) is 0. The fraction of sp³-hybridized carbons (Fsp3) is 0.733. The van der Waals surface area contributed by atoms with Crippen LogP contribution in [0.3, 0.4) is 0 Å². The Labute approximate surface area is 141 Å². The second-order valence-corrected chi connectivity index (χ2v) is 6.96. The second kappa shape index (κ2) is 5.18. The van der Waals surface area contributed by atoms with Gasteiger partial charge in [0.15, 0.2) is 11.4 Å². The Morgan fingerprint density at radius 3 is 2.64 bits per heavy atom. The van der Waals surface area contributed by atoms with Crippen LogP contribution in [0.1, 0.15) is 32.1 Å². The number of likely N-dealkylation sites (tertiary alicyclic amines) is 1. The normalized spacial score (nSPS) is 25.9. The lowest BCUT2D eigenvalue weighted by Crippen LogP contribution is -2.48. The van der Waals surface area contributed by atoms with Crippen molar-refractivity contribution in [1.82, 2.24) is 14.7 Å². The molecule has 25 heavy (non-hydrogen) atoms. The average Bonchev–Trinajstić information content (AvgIpc) is 3.39. The van der Waals surface area contributed by atoms with E-state index in [-0.39, 0.29) is 12.3 Å². The van der Waals surface area contributed by atoms with Gasteiger partial charge in [0.1, 0.15) is 0 Å². The fourth-order valence-corrected chi connectivity index (χ4v) is 3.43. The SMILES string of the molecule is Cn1cc(OC2(C(=O)N3CCCC3CC3(C(F)(F)F)N=N3)CC2)cn1. The van der Waals surface area contributed by atoms with Crippen LogP contribution >= 0.6 is 0 Å². The van der Waals surface area contributed by atoms with E-state index in [0.717, 1.165) is 0 Å². The van der Waals surface area contributed by atoms with Crippen LogP contribution < -0.4 is 4.74 Å². The zero-order valence-electron chi connectivity index (χ0n) is 13.7. The molecule has 1 saturated heterocycles. The number of aryl methyl sites for hydroxylation is 1. The summed E-state index contributed by atoms with van der Waals surface area (Å²) in [5.41, 5.74) is -3.28. The molecule has 0 bridgehead atoms. The predicted molar refractivity (Wildman–Crippen MR) is 78.8 cm³/mol. The molecule has 1 unspecified atom stereocenters. The molecule has 2 fully saturated rings. The summed E-state index contributed by atoms with van der Waals surface area (Å²) in [4.78, 5) is 14.5. The van der Waals surface area contributed by atoms with Crippen molar-refractivity contribution in [2.24, 2.45) is 17.3 Å². The number of carbonyl (C=O) groups is 1. The highest BCUT2D eigenvalue weighted by atomic mass is 19.4. The van der Waals surface area contributed by atoms with E-state index < -0.39 is 23.5 Å². The first-order valence-corrected chi connectivity index (χ1v) is 8.24. The van der Waals surface area contributed by atoms with Crippen LogP contribution in [0.25, 0.3) is 0 Å². The highest BCUT2D eigenvalue weighted by molar-refractivity contribution is 5.89. The van der Waals surface area contributed by atoms with E-state index in [1.807, 2.05) is 0 Å². The molecule has 2 aliphatic heterocycles. The average molecular weight is 357 g/mol. The largest absolute Gasteiger partial charge is 0.474 e. The van der Waals surface area contributed by atoms with Crippen LogP contribution in [0.5, 0.6) is 5.75 Å². The summed E-state index contributed by atoms with van der Waals surface area (Å²) in [5, 5.41) is 10.5. The van der Waals surface area contributed by atoms with Crippen molar-refractivity contribution < 1.29 is 22.7 Å². The van der Waals surface area contributed by atoms with Gasteiger partial charge in [-0.3, -0.25) is 9.48 Å². The van der Waals surface area contributed by atoms with E-state index in [0.29, 0.717) is 38.0 Å². The summed E-state index contributed by atoms with van der Waals surface area (Å²) in [5.74, 6) is 0.250. The Morgan fingerprint density at radius 2 is 2.12 bits per heavy atom. The van der Waals surface area contributed by atoms with Crippen LogP contribution in [0, 0.1) is 0 Å². The molecule has 0 N–H and O–H groups in total. The minimum Gasteiger partial charge on any atom is -0.474 e. The fourth-order valence-electron chi connectivity index (χ4n) is 3.43. The molecule has 1 aliphatic carbocycles. The maximum absolute atomic E-state index is 13.1. The molecule has 3 aliphatic rings. The lowest BCUT2D eigenvalue weighted by Gasteiger charge is -2.30. The lowest BCUT2D eigenvalue weighted by atomic mass is 10.0. The van der Waals surface area contributed by atoms with Crippen molar-refractivity contribution in [2.75, 3.05) is 6.54 Å². The third-order valence-corrected chi connectivity index (χ3v) is 5.04. The maximum Gasteiger partial charge on any atom is 0.437 e. The van der Waals surface area contributed by atoms with Crippen LogP contribution in [-0.2, 0) is 11.8 Å². The molecular formula is C15H18F3N5O2. The highest BCUT2D eigenvalue weighted by Crippen LogP contribution is 2.50. The van der Waals surface area contributed by atoms with E-state index >= 15 is 0 Å². The van der Waals surface area contributed by atoms with Gasteiger partial charge < -0.3 is 9.64 Å². The summed E-state index contributed by atoms with van der Waals surface area (Å²) < 4.78 is 46.7. The minimum absolute atomic E-state index is 0.239. The summed E-state index contributed by atoms with van der Waals surface area (Å²) >= 11 is 0. The quantitative estimate of drug-likeness (QED) is 0.813. The van der Waals surface area contributed by atoms with Gasteiger partial charge >= 0.3 is 6.18 Å². The summed E-state index contributed by atoms with van der Waals surface area (Å²) in [6.07, 6.45) is 0.695. The van der Waals surface area contributed by atoms with Crippen LogP contribution in [0.15, 0.2) is 22.6 Å². The molecule has 1 amide bonds. The number of ether oxygens (including phenoxy) is 1. The molecular weight excluding hydrogens is 339 g/mol. The van der Waals surface area contributed by atoms with Crippen molar-refractivity contribution in [3.05, 3.63) is 12.4 Å². The Bertz CT molecular complexity index is 719. The Balaban J connectivity index is 1.46. The van der Waals surface area contributed by atoms with Gasteiger partial charge in [-0.1, -0.05) is 0 Å². The summed E-state index contributed by atoms with van der Waals surface area (Å²) in [6, 6.07) is -0.515. The van der Waals surface area contributed by atoms with Gasteiger partial charge in [-0.15, -0.1) is 10.2 Å². The van der Waals surface area contributed by atoms with Crippen molar-refractivity contribution in [3.8, 4) is 5.75 Å². The molecule has 0 aromatic carbocycles. The number of carbonyl (C=O) groups excluding carboxylic acids is 1. The molecule has 3 heterocycles. The van der Waals surface area contributed by atoms with Crippen LogP contribution in [0.2, 0.25) is 0 Å². The van der Waals surface area contributed by atoms with E-state index in [1.54, 1.807) is 17.9 Å². The topological polar surface area (TPSA) is 72.1 Å². The van der Waals surface area contributed by atoms with Gasteiger partial charge in [0.2, 0.25) is 0 Å². The zero-order valence-corrected chi connectivity index (χ0v) is 13.7. The monoisotopic (exact) mass is 357 g/mol. The Morgan fingerprint density at radius 1 is 1.40 bits per heavy atom. The number of halogens is 3. The first kappa shape index (κ1) is 16.3. The Kier molecular flexibility index (Phi) is 3.39. The molecule has 1 aromatic rings. The van der Waals surface area contributed by atoms with Gasteiger partial charge in [0, 0.05) is 38.9 Å². The predicted octanol–water partition coefficient (Wildman–Crippen LogP) is 2.44. The first-order valence-electron chi connectivity index (χ1n) is 8.24. The standard InChI is InChI=1S/C15H18F3N5O2/c1-22-9-11(8-19-22)25-13(4-5-13)12(24)23-6-2-3-10(23)7-14(20-21-14)15(16,17)18/h8-10H,2-7H2,1H3. The summed E-state index contributed by atoms with van der Waals surface area (Å²) in [7, 11) is 1.74. The lowest BCUT2D eigenvalue weighted by molar-refractivity contribution is -0.169. The van der Waals surface area contributed by atoms with Crippen molar-refractivity contribution in [1.29, 1.82) is 0 Å². The third kappa shape index (κ3) is 2.77. The van der Waals surface area contributed by atoms with Crippen molar-refractivity contribution >= 4 is 5.91 Å². The molecule has 136 valence electrons. The van der Waals surface area contributed by atoms with Gasteiger partial charge in [-0.25, -0.2) is 0 Å². The first-order chi connectivity index (χ1) is 11.7. The maximum atomic E-state index is 13.1.